The summed E-state index contributed by atoms with van der Waals surface area (Å²) in [6.45, 7) is 14.9. The van der Waals surface area contributed by atoms with Gasteiger partial charge in [-0.3, -0.25) is 9.59 Å². The van der Waals surface area contributed by atoms with Crippen LogP contribution in [0.2, 0.25) is 5.02 Å². The molecule has 3 aromatic heterocycles. The van der Waals surface area contributed by atoms with Gasteiger partial charge in [-0.2, -0.15) is 4.98 Å². The number of pyridine rings is 1. The highest BCUT2D eigenvalue weighted by molar-refractivity contribution is 6.34. The van der Waals surface area contributed by atoms with Crippen molar-refractivity contribution < 1.29 is 9.59 Å². The predicted octanol–water partition coefficient (Wildman–Crippen LogP) is 5.17. The van der Waals surface area contributed by atoms with Crippen molar-refractivity contribution >= 4 is 40.6 Å². The molecule has 11 heteroatoms. The molecule has 0 spiro atoms. The number of aldehydes is 1. The smallest absolute Gasteiger partial charge is 0.350 e. The zero-order chi connectivity index (χ0) is 31.0. The fourth-order valence-electron chi connectivity index (χ4n) is 5.61. The summed E-state index contributed by atoms with van der Waals surface area (Å²) in [7, 11) is 0. The van der Waals surface area contributed by atoms with E-state index in [1.165, 1.54) is 17.0 Å². The Morgan fingerprint density at radius 2 is 1.74 bits per heavy atom. The molecule has 1 aliphatic rings. The van der Waals surface area contributed by atoms with Crippen molar-refractivity contribution in [3.63, 3.8) is 0 Å². The summed E-state index contributed by atoms with van der Waals surface area (Å²) in [5, 5.41) is 0.862. The van der Waals surface area contributed by atoms with Gasteiger partial charge in [0.25, 0.3) is 0 Å². The van der Waals surface area contributed by atoms with Gasteiger partial charge in [0.2, 0.25) is 5.91 Å². The van der Waals surface area contributed by atoms with E-state index in [1.807, 2.05) is 39.5 Å². The van der Waals surface area contributed by atoms with E-state index in [4.69, 9.17) is 16.6 Å². The summed E-state index contributed by atoms with van der Waals surface area (Å²) in [5.41, 5.74) is 3.04. The number of fused-ring (bicyclic) bond motifs is 1. The van der Waals surface area contributed by atoms with Gasteiger partial charge in [0.05, 0.1) is 33.2 Å². The molecule has 5 rings (SSSR count). The van der Waals surface area contributed by atoms with E-state index in [9.17, 15) is 14.4 Å². The molecule has 1 fully saturated rings. The van der Waals surface area contributed by atoms with Gasteiger partial charge in [-0.1, -0.05) is 70.1 Å². The lowest BCUT2D eigenvalue weighted by molar-refractivity contribution is -0.126. The first-order valence-electron chi connectivity index (χ1n) is 14.3. The maximum absolute atomic E-state index is 14.2. The Morgan fingerprint density at radius 1 is 1.07 bits per heavy atom. The van der Waals surface area contributed by atoms with Crippen LogP contribution in [0.3, 0.4) is 0 Å². The minimum Gasteiger partial charge on any atom is -0.350 e. The molecule has 0 bridgehead atoms. The highest BCUT2D eigenvalue weighted by Crippen LogP contribution is 2.36. The summed E-state index contributed by atoms with van der Waals surface area (Å²) >= 11 is 6.90. The quantitative estimate of drug-likeness (QED) is 0.211. The Hall–Kier alpha value is -4.44. The van der Waals surface area contributed by atoms with Crippen molar-refractivity contribution in [3.05, 3.63) is 81.8 Å². The van der Waals surface area contributed by atoms with Crippen molar-refractivity contribution in [2.45, 2.75) is 52.5 Å². The first kappa shape index (κ1) is 30.0. The van der Waals surface area contributed by atoms with Gasteiger partial charge in [-0.25, -0.2) is 24.3 Å². The zero-order valence-electron chi connectivity index (χ0n) is 24.9. The lowest BCUT2D eigenvalue weighted by atomic mass is 10.0. The number of halogens is 1. The number of hydrogen-bond acceptors (Lipinski definition) is 8. The summed E-state index contributed by atoms with van der Waals surface area (Å²) in [4.78, 5) is 61.0. The van der Waals surface area contributed by atoms with Crippen molar-refractivity contribution in [2.24, 2.45) is 0 Å². The third kappa shape index (κ3) is 5.43. The molecule has 43 heavy (non-hydrogen) atoms. The molecule has 0 N–H and O–H groups in total. The zero-order valence-corrected chi connectivity index (χ0v) is 25.7. The molecule has 1 atom stereocenters. The first-order chi connectivity index (χ1) is 20.6. The monoisotopic (exact) mass is 599 g/mol. The third-order valence-corrected chi connectivity index (χ3v) is 8.01. The molecule has 1 amide bonds. The van der Waals surface area contributed by atoms with Gasteiger partial charge >= 0.3 is 5.69 Å². The SMILES string of the molecule is C=CC(=O)N1CCN(c2nc(=O)n(-c3c(C(C)C)ncnc3C(C)C)c3nc(-c4ccccc4C=O)c(Cl)cc23)[C@@H](C)C1. The van der Waals surface area contributed by atoms with Crippen LogP contribution in [-0.2, 0) is 4.79 Å². The second-order valence-corrected chi connectivity index (χ2v) is 11.7. The highest BCUT2D eigenvalue weighted by Gasteiger charge is 2.31. The number of carbonyl (C=O) groups excluding carboxylic acids is 2. The van der Waals surface area contributed by atoms with Gasteiger partial charge in [0.15, 0.2) is 11.9 Å². The van der Waals surface area contributed by atoms with E-state index in [-0.39, 0.29) is 23.8 Å². The molecule has 0 unspecified atom stereocenters. The van der Waals surface area contributed by atoms with Crippen LogP contribution < -0.4 is 10.6 Å². The Kier molecular flexibility index (Phi) is 8.41. The second-order valence-electron chi connectivity index (χ2n) is 11.3. The summed E-state index contributed by atoms with van der Waals surface area (Å²) < 4.78 is 1.48. The molecule has 0 saturated carbocycles. The minimum absolute atomic E-state index is 0.0322. The summed E-state index contributed by atoms with van der Waals surface area (Å²) in [6.07, 6.45) is 3.58. The number of anilines is 1. The molecule has 1 saturated heterocycles. The van der Waals surface area contributed by atoms with Crippen LogP contribution >= 0.6 is 11.6 Å². The summed E-state index contributed by atoms with van der Waals surface area (Å²) in [5.74, 6) is 0.216. The molecule has 0 radical (unpaired) electrons. The third-order valence-electron chi connectivity index (χ3n) is 7.73. The maximum atomic E-state index is 14.2. The number of aromatic nitrogens is 5. The Morgan fingerprint density at radius 3 is 2.35 bits per heavy atom. The minimum atomic E-state index is -0.539. The number of nitrogens with zero attached hydrogens (tertiary/aromatic N) is 7. The van der Waals surface area contributed by atoms with Crippen LogP contribution in [0, 0.1) is 0 Å². The molecule has 4 aromatic rings. The number of amides is 1. The van der Waals surface area contributed by atoms with Crippen LogP contribution in [0.15, 0.2) is 54.1 Å². The average Bonchev–Trinajstić information content (AvgIpc) is 2.99. The highest BCUT2D eigenvalue weighted by atomic mass is 35.5. The predicted molar refractivity (Wildman–Crippen MR) is 168 cm³/mol. The number of rotatable bonds is 7. The standard InChI is InChI=1S/C32H34ClN7O3/c1-7-25(42)38-12-13-39(20(6)15-38)30-23-14-24(33)28(22-11-9-8-10-21(22)16-41)36-31(23)40(32(43)37-30)29-26(18(2)3)34-17-35-27(29)19(4)5/h7-11,14,16-20H,1,12-13,15H2,2-6H3/t20-/m0/s1. The summed E-state index contributed by atoms with van der Waals surface area (Å²) in [6, 6.07) is 8.64. The van der Waals surface area contributed by atoms with Gasteiger partial charge in [0.1, 0.15) is 12.1 Å². The number of hydrogen-bond donors (Lipinski definition) is 0. The first-order valence-corrected chi connectivity index (χ1v) is 14.7. The number of carbonyl (C=O) groups is 2. The molecule has 1 aromatic carbocycles. The van der Waals surface area contributed by atoms with Crippen LogP contribution in [0.5, 0.6) is 0 Å². The van der Waals surface area contributed by atoms with Crippen LogP contribution in [0.4, 0.5) is 5.82 Å². The van der Waals surface area contributed by atoms with Gasteiger partial charge in [-0.15, -0.1) is 0 Å². The molecule has 1 aliphatic heterocycles. The maximum Gasteiger partial charge on any atom is 0.355 e. The Labute approximate surface area is 255 Å². The molecule has 222 valence electrons. The van der Waals surface area contributed by atoms with Crippen LogP contribution in [0.25, 0.3) is 28.0 Å². The topological polar surface area (TPSA) is 114 Å². The van der Waals surface area contributed by atoms with Crippen molar-refractivity contribution in [3.8, 4) is 16.9 Å². The molecule has 0 aliphatic carbocycles. The van der Waals surface area contributed by atoms with Crippen molar-refractivity contribution in [1.29, 1.82) is 0 Å². The fourth-order valence-corrected chi connectivity index (χ4v) is 5.87. The van der Waals surface area contributed by atoms with Crippen LogP contribution in [0.1, 0.15) is 68.2 Å². The van der Waals surface area contributed by atoms with E-state index >= 15 is 0 Å². The Bertz CT molecular complexity index is 1770. The molecule has 4 heterocycles. The van der Waals surface area contributed by atoms with Gasteiger partial charge in [-0.05, 0) is 30.9 Å². The van der Waals surface area contributed by atoms with Crippen LogP contribution in [-0.4, -0.2) is 67.3 Å². The molecular weight excluding hydrogens is 566 g/mol. The fraction of sp³-hybridized carbons (Fsp3) is 0.344. The van der Waals surface area contributed by atoms with E-state index in [0.717, 1.165) is 6.29 Å². The van der Waals surface area contributed by atoms with Gasteiger partial charge in [0, 0.05) is 36.8 Å². The van der Waals surface area contributed by atoms with E-state index in [2.05, 4.69) is 21.5 Å². The van der Waals surface area contributed by atoms with Crippen molar-refractivity contribution in [1.82, 2.24) is 29.4 Å². The Balaban J connectivity index is 1.86. The molecule has 10 nitrogen and oxygen atoms in total. The molecular formula is C32H34ClN7O3. The number of piperazine rings is 1. The lowest BCUT2D eigenvalue weighted by Gasteiger charge is -2.40. The van der Waals surface area contributed by atoms with Gasteiger partial charge < -0.3 is 9.80 Å². The number of benzene rings is 1. The lowest BCUT2D eigenvalue weighted by Crippen LogP contribution is -2.54. The largest absolute Gasteiger partial charge is 0.355 e. The van der Waals surface area contributed by atoms with E-state index < -0.39 is 5.69 Å². The van der Waals surface area contributed by atoms with Crippen molar-refractivity contribution in [2.75, 3.05) is 24.5 Å². The normalized spacial score (nSPS) is 15.4. The van der Waals surface area contributed by atoms with E-state index in [1.54, 1.807) is 35.2 Å². The van der Waals surface area contributed by atoms with E-state index in [0.29, 0.717) is 75.4 Å². The average molecular weight is 600 g/mol. The second kappa shape index (κ2) is 12.0.